The van der Waals surface area contributed by atoms with Crippen LogP contribution >= 0.6 is 0 Å². The van der Waals surface area contributed by atoms with E-state index in [9.17, 15) is 5.11 Å². The van der Waals surface area contributed by atoms with E-state index in [1.807, 2.05) is 10.9 Å². The van der Waals surface area contributed by atoms with Crippen LogP contribution < -0.4 is 5.32 Å². The summed E-state index contributed by atoms with van der Waals surface area (Å²) in [4.78, 5) is 0. The van der Waals surface area contributed by atoms with Gasteiger partial charge in [0.25, 0.3) is 0 Å². The SMILES string of the molecule is CCC(C)n1ccc(CC2(O)CC3CCC(C2)N3)n1. The number of nitrogens with zero attached hydrogens (tertiary/aromatic N) is 2. The molecule has 3 heterocycles. The predicted octanol–water partition coefficient (Wildman–Crippen LogP) is 2.04. The highest BCUT2D eigenvalue weighted by Crippen LogP contribution is 2.35. The predicted molar refractivity (Wildman–Crippen MR) is 75.1 cm³/mol. The van der Waals surface area contributed by atoms with Gasteiger partial charge in [0, 0.05) is 30.7 Å². The van der Waals surface area contributed by atoms with Gasteiger partial charge in [0.05, 0.1) is 11.3 Å². The van der Waals surface area contributed by atoms with Gasteiger partial charge in [-0.2, -0.15) is 5.10 Å². The van der Waals surface area contributed by atoms with Crippen LogP contribution in [0.15, 0.2) is 12.3 Å². The lowest BCUT2D eigenvalue weighted by atomic mass is 9.84. The van der Waals surface area contributed by atoms with E-state index < -0.39 is 5.60 Å². The Morgan fingerprint density at radius 1 is 1.47 bits per heavy atom. The minimum Gasteiger partial charge on any atom is -0.389 e. The second kappa shape index (κ2) is 4.91. The van der Waals surface area contributed by atoms with E-state index in [-0.39, 0.29) is 0 Å². The molecule has 2 aliphatic heterocycles. The van der Waals surface area contributed by atoms with Crippen LogP contribution in [0.25, 0.3) is 0 Å². The van der Waals surface area contributed by atoms with Gasteiger partial charge in [-0.3, -0.25) is 4.68 Å². The topological polar surface area (TPSA) is 50.1 Å². The largest absolute Gasteiger partial charge is 0.389 e. The average Bonchev–Trinajstić information content (AvgIpc) is 2.95. The Labute approximate surface area is 115 Å². The minimum absolute atomic E-state index is 0.438. The van der Waals surface area contributed by atoms with Gasteiger partial charge in [0.1, 0.15) is 0 Å². The molecule has 1 aromatic rings. The number of piperidine rings is 1. The summed E-state index contributed by atoms with van der Waals surface area (Å²) in [6, 6.07) is 3.53. The highest BCUT2D eigenvalue weighted by molar-refractivity contribution is 5.09. The summed E-state index contributed by atoms with van der Waals surface area (Å²) in [5.41, 5.74) is 0.482. The zero-order valence-electron chi connectivity index (χ0n) is 12.0. The molecule has 2 aliphatic rings. The molecular weight excluding hydrogens is 238 g/mol. The molecule has 0 spiro atoms. The zero-order valence-corrected chi connectivity index (χ0v) is 12.0. The van der Waals surface area contributed by atoms with Crippen molar-refractivity contribution >= 4 is 0 Å². The van der Waals surface area contributed by atoms with E-state index in [1.165, 1.54) is 12.8 Å². The van der Waals surface area contributed by atoms with E-state index in [4.69, 9.17) is 0 Å². The Balaban J connectivity index is 1.69. The lowest BCUT2D eigenvalue weighted by Crippen LogP contribution is -2.49. The molecule has 0 aliphatic carbocycles. The highest BCUT2D eigenvalue weighted by Gasteiger charge is 2.42. The number of aromatic nitrogens is 2. The number of rotatable bonds is 4. The van der Waals surface area contributed by atoms with Gasteiger partial charge in [-0.15, -0.1) is 0 Å². The van der Waals surface area contributed by atoms with E-state index >= 15 is 0 Å². The maximum Gasteiger partial charge on any atom is 0.0733 e. The van der Waals surface area contributed by atoms with Crippen LogP contribution in [-0.4, -0.2) is 32.6 Å². The molecule has 106 valence electrons. The van der Waals surface area contributed by atoms with Crippen LogP contribution in [-0.2, 0) is 6.42 Å². The van der Waals surface area contributed by atoms with Gasteiger partial charge in [0.2, 0.25) is 0 Å². The molecule has 0 aromatic carbocycles. The Bertz CT molecular complexity index is 430. The summed E-state index contributed by atoms with van der Waals surface area (Å²) in [6.45, 7) is 4.35. The fourth-order valence-corrected chi connectivity index (χ4v) is 3.61. The maximum atomic E-state index is 10.8. The fourth-order valence-electron chi connectivity index (χ4n) is 3.61. The molecule has 2 saturated heterocycles. The van der Waals surface area contributed by atoms with Crippen LogP contribution in [0.5, 0.6) is 0 Å². The minimum atomic E-state index is -0.550. The number of aliphatic hydroxyl groups is 1. The zero-order chi connectivity index (χ0) is 13.5. The van der Waals surface area contributed by atoms with Crippen molar-refractivity contribution in [3.63, 3.8) is 0 Å². The lowest BCUT2D eigenvalue weighted by Gasteiger charge is -2.36. The number of nitrogens with one attached hydrogen (secondary N) is 1. The standard InChI is InChI=1S/C15H25N3O/c1-3-11(2)18-7-6-14(17-18)10-15(19)8-12-4-5-13(9-15)16-12/h6-7,11-13,16,19H,3-5,8-10H2,1-2H3. The lowest BCUT2D eigenvalue weighted by molar-refractivity contribution is -0.00699. The second-order valence-corrected chi connectivity index (χ2v) is 6.49. The van der Waals surface area contributed by atoms with E-state index in [2.05, 4.69) is 30.3 Å². The van der Waals surface area contributed by atoms with Crippen molar-refractivity contribution in [1.82, 2.24) is 15.1 Å². The van der Waals surface area contributed by atoms with Gasteiger partial charge in [-0.25, -0.2) is 0 Å². The van der Waals surface area contributed by atoms with Crippen LogP contribution in [0.1, 0.15) is 57.7 Å². The molecule has 19 heavy (non-hydrogen) atoms. The third kappa shape index (κ3) is 2.70. The Kier molecular flexibility index (Phi) is 3.39. The first-order valence-corrected chi connectivity index (χ1v) is 7.60. The van der Waals surface area contributed by atoms with E-state index in [1.54, 1.807) is 0 Å². The molecular formula is C15H25N3O. The molecule has 0 saturated carbocycles. The molecule has 4 heteroatoms. The normalized spacial score (nSPS) is 35.5. The molecule has 3 atom stereocenters. The van der Waals surface area contributed by atoms with Gasteiger partial charge in [-0.1, -0.05) is 6.92 Å². The summed E-state index contributed by atoms with van der Waals surface area (Å²) >= 11 is 0. The maximum absolute atomic E-state index is 10.8. The van der Waals surface area contributed by atoms with Crippen molar-refractivity contribution in [3.05, 3.63) is 18.0 Å². The van der Waals surface area contributed by atoms with E-state index in [0.29, 0.717) is 24.5 Å². The second-order valence-electron chi connectivity index (χ2n) is 6.49. The molecule has 3 unspecified atom stereocenters. The van der Waals surface area contributed by atoms with Crippen molar-refractivity contribution in [2.75, 3.05) is 0 Å². The monoisotopic (exact) mass is 263 g/mol. The van der Waals surface area contributed by atoms with Crippen molar-refractivity contribution in [2.45, 2.75) is 76.1 Å². The smallest absolute Gasteiger partial charge is 0.0733 e. The van der Waals surface area contributed by atoms with Crippen molar-refractivity contribution in [2.24, 2.45) is 0 Å². The molecule has 2 N–H and O–H groups in total. The van der Waals surface area contributed by atoms with Crippen molar-refractivity contribution < 1.29 is 5.11 Å². The number of hydrogen-bond acceptors (Lipinski definition) is 3. The quantitative estimate of drug-likeness (QED) is 0.874. The Hall–Kier alpha value is -0.870. The molecule has 1 aromatic heterocycles. The van der Waals surface area contributed by atoms with Crippen molar-refractivity contribution in [1.29, 1.82) is 0 Å². The van der Waals surface area contributed by atoms with Crippen molar-refractivity contribution in [3.8, 4) is 0 Å². The molecule has 4 nitrogen and oxygen atoms in total. The summed E-state index contributed by atoms with van der Waals surface area (Å²) in [7, 11) is 0. The van der Waals surface area contributed by atoms with Crippen LogP contribution in [0, 0.1) is 0 Å². The molecule has 0 radical (unpaired) electrons. The van der Waals surface area contributed by atoms with Crippen LogP contribution in [0.2, 0.25) is 0 Å². The Morgan fingerprint density at radius 2 is 2.16 bits per heavy atom. The van der Waals surface area contributed by atoms with Gasteiger partial charge in [0.15, 0.2) is 0 Å². The van der Waals surface area contributed by atoms with Gasteiger partial charge in [-0.05, 0) is 45.1 Å². The van der Waals surface area contributed by atoms with Crippen LogP contribution in [0.4, 0.5) is 0 Å². The summed E-state index contributed by atoms with van der Waals surface area (Å²) in [5.74, 6) is 0. The number of fused-ring (bicyclic) bond motifs is 2. The summed E-state index contributed by atoms with van der Waals surface area (Å²) < 4.78 is 2.02. The average molecular weight is 263 g/mol. The molecule has 0 amide bonds. The highest BCUT2D eigenvalue weighted by atomic mass is 16.3. The number of hydrogen-bond donors (Lipinski definition) is 2. The fraction of sp³-hybridized carbons (Fsp3) is 0.800. The first kappa shape index (κ1) is 13.1. The first-order valence-electron chi connectivity index (χ1n) is 7.60. The van der Waals surface area contributed by atoms with Gasteiger partial charge >= 0.3 is 0 Å². The van der Waals surface area contributed by atoms with Crippen LogP contribution in [0.3, 0.4) is 0 Å². The Morgan fingerprint density at radius 3 is 2.79 bits per heavy atom. The van der Waals surface area contributed by atoms with Gasteiger partial charge < -0.3 is 10.4 Å². The van der Waals surface area contributed by atoms with E-state index in [0.717, 1.165) is 25.0 Å². The first-order chi connectivity index (χ1) is 9.08. The third-order valence-electron chi connectivity index (χ3n) is 4.80. The summed E-state index contributed by atoms with van der Waals surface area (Å²) in [6.07, 6.45) is 8.01. The summed E-state index contributed by atoms with van der Waals surface area (Å²) in [5, 5.41) is 19.0. The molecule has 2 bridgehead atoms. The third-order valence-corrected chi connectivity index (χ3v) is 4.80. The molecule has 3 rings (SSSR count). The molecule has 2 fully saturated rings.